The fraction of sp³-hybridized carbons (Fsp3) is 0.917. The lowest BCUT2D eigenvalue weighted by molar-refractivity contribution is -0.120. The van der Waals surface area contributed by atoms with Gasteiger partial charge in [-0.25, -0.2) is 0 Å². The van der Waals surface area contributed by atoms with Gasteiger partial charge in [0.1, 0.15) is 0 Å². The van der Waals surface area contributed by atoms with Gasteiger partial charge in [-0.15, -0.1) is 0 Å². The van der Waals surface area contributed by atoms with Gasteiger partial charge in [-0.3, -0.25) is 4.79 Å². The summed E-state index contributed by atoms with van der Waals surface area (Å²) in [6, 6.07) is -0.161. The molecule has 0 saturated heterocycles. The topological polar surface area (TPSA) is 55.1 Å². The van der Waals surface area contributed by atoms with Crippen molar-refractivity contribution in [1.82, 2.24) is 5.32 Å². The molecule has 1 saturated carbocycles. The molecular weight excluding hydrogens is 220 g/mol. The second kappa shape index (κ2) is 6.50. The highest BCUT2D eigenvalue weighted by molar-refractivity contribution is 8.00. The summed E-state index contributed by atoms with van der Waals surface area (Å²) in [4.78, 5) is 11.1. The van der Waals surface area contributed by atoms with Crippen molar-refractivity contribution in [1.29, 1.82) is 0 Å². The number of hydrogen-bond donors (Lipinski definition) is 2. The first-order chi connectivity index (χ1) is 7.63. The molecule has 3 N–H and O–H groups in total. The second-order valence-corrected chi connectivity index (χ2v) is 5.97. The average molecular weight is 244 g/mol. The summed E-state index contributed by atoms with van der Waals surface area (Å²) < 4.78 is 0.334. The minimum Gasteiger partial charge on any atom is -0.368 e. The highest BCUT2D eigenvalue weighted by Gasteiger charge is 2.31. The van der Waals surface area contributed by atoms with Crippen molar-refractivity contribution in [2.24, 2.45) is 5.73 Å². The zero-order valence-corrected chi connectivity index (χ0v) is 11.2. The fourth-order valence-corrected chi connectivity index (χ4v) is 3.33. The molecule has 94 valence electrons. The minimum absolute atomic E-state index is 0.161. The first kappa shape index (κ1) is 13.8. The van der Waals surface area contributed by atoms with Crippen molar-refractivity contribution in [3.8, 4) is 0 Å². The molecule has 0 spiro atoms. The van der Waals surface area contributed by atoms with Crippen LogP contribution in [0.5, 0.6) is 0 Å². The molecule has 1 rings (SSSR count). The Morgan fingerprint density at radius 2 is 2.06 bits per heavy atom. The van der Waals surface area contributed by atoms with Crippen LogP contribution in [0.4, 0.5) is 0 Å². The lowest BCUT2D eigenvalue weighted by atomic mass is 9.88. The van der Waals surface area contributed by atoms with Crippen molar-refractivity contribution in [3.63, 3.8) is 0 Å². The van der Waals surface area contributed by atoms with Gasteiger partial charge in [-0.05, 0) is 25.5 Å². The van der Waals surface area contributed by atoms with Crippen LogP contribution in [0.2, 0.25) is 0 Å². The van der Waals surface area contributed by atoms with E-state index in [0.717, 1.165) is 13.0 Å². The number of rotatable bonds is 6. The molecule has 0 aromatic rings. The van der Waals surface area contributed by atoms with Crippen LogP contribution < -0.4 is 11.1 Å². The van der Waals surface area contributed by atoms with Crippen LogP contribution in [0.3, 0.4) is 0 Å². The van der Waals surface area contributed by atoms with Crippen molar-refractivity contribution >= 4 is 17.7 Å². The van der Waals surface area contributed by atoms with E-state index in [0.29, 0.717) is 4.75 Å². The molecule has 1 fully saturated rings. The summed E-state index contributed by atoms with van der Waals surface area (Å²) in [5.41, 5.74) is 5.34. The van der Waals surface area contributed by atoms with Crippen LogP contribution in [0.15, 0.2) is 0 Å². The number of nitrogens with two attached hydrogens (primary N) is 1. The third kappa shape index (κ3) is 3.67. The van der Waals surface area contributed by atoms with Gasteiger partial charge in [0.05, 0.1) is 6.04 Å². The molecular formula is C12H24N2OS. The second-order valence-electron chi connectivity index (χ2n) is 4.69. The number of primary amides is 1. The number of hydrogen-bond acceptors (Lipinski definition) is 3. The van der Waals surface area contributed by atoms with Gasteiger partial charge in [-0.2, -0.15) is 11.8 Å². The van der Waals surface area contributed by atoms with E-state index in [4.69, 9.17) is 5.73 Å². The van der Waals surface area contributed by atoms with Crippen molar-refractivity contribution in [2.75, 3.05) is 12.8 Å². The quantitative estimate of drug-likeness (QED) is 0.750. The average Bonchev–Trinajstić information content (AvgIpc) is 2.30. The Kier molecular flexibility index (Phi) is 5.62. The molecule has 0 heterocycles. The number of amides is 1. The molecule has 0 aromatic carbocycles. The lowest BCUT2D eigenvalue weighted by Gasteiger charge is -2.36. The summed E-state index contributed by atoms with van der Waals surface area (Å²) in [6.45, 7) is 2.91. The maximum Gasteiger partial charge on any atom is 0.234 e. The predicted octanol–water partition coefficient (Wildman–Crippen LogP) is 1.91. The minimum atomic E-state index is -0.227. The van der Waals surface area contributed by atoms with E-state index in [9.17, 15) is 4.79 Å². The van der Waals surface area contributed by atoms with Crippen LogP contribution in [0.1, 0.15) is 45.4 Å². The Balaban J connectivity index is 2.46. The zero-order chi connectivity index (χ0) is 12.0. The van der Waals surface area contributed by atoms with E-state index in [1.54, 1.807) is 0 Å². The fourth-order valence-electron chi connectivity index (χ4n) is 2.40. The largest absolute Gasteiger partial charge is 0.368 e. The molecule has 1 aliphatic carbocycles. The summed E-state index contributed by atoms with van der Waals surface area (Å²) in [5, 5.41) is 3.33. The zero-order valence-electron chi connectivity index (χ0n) is 10.4. The summed E-state index contributed by atoms with van der Waals surface area (Å²) in [5.74, 6) is -0.227. The molecule has 1 amide bonds. The predicted molar refractivity (Wildman–Crippen MR) is 70.6 cm³/mol. The SMILES string of the molecule is CCC(NCC1(SC)CCCCC1)C(N)=O. The Bertz CT molecular complexity index is 227. The molecule has 0 aliphatic heterocycles. The molecule has 1 atom stereocenters. The van der Waals surface area contributed by atoms with Gasteiger partial charge in [0, 0.05) is 11.3 Å². The van der Waals surface area contributed by atoms with E-state index in [-0.39, 0.29) is 11.9 Å². The van der Waals surface area contributed by atoms with Crippen LogP contribution in [0.25, 0.3) is 0 Å². The molecule has 0 aromatic heterocycles. The molecule has 1 unspecified atom stereocenters. The summed E-state index contributed by atoms with van der Waals surface area (Å²) in [6.07, 6.45) is 9.46. The van der Waals surface area contributed by atoms with Crippen molar-refractivity contribution < 1.29 is 4.79 Å². The Morgan fingerprint density at radius 1 is 1.44 bits per heavy atom. The standard InChI is InChI=1S/C12H24N2OS/c1-3-10(11(13)15)14-9-12(16-2)7-5-4-6-8-12/h10,14H,3-9H2,1-2H3,(H2,13,15). The van der Waals surface area contributed by atoms with Gasteiger partial charge in [0.25, 0.3) is 0 Å². The third-order valence-corrected chi connectivity index (χ3v) is 5.04. The van der Waals surface area contributed by atoms with Gasteiger partial charge in [-0.1, -0.05) is 26.2 Å². The van der Waals surface area contributed by atoms with E-state index in [2.05, 4.69) is 11.6 Å². The van der Waals surface area contributed by atoms with E-state index in [1.165, 1.54) is 32.1 Å². The number of carbonyl (C=O) groups is 1. The summed E-state index contributed by atoms with van der Waals surface area (Å²) >= 11 is 1.94. The van der Waals surface area contributed by atoms with Crippen molar-refractivity contribution in [2.45, 2.75) is 56.2 Å². The van der Waals surface area contributed by atoms with Crippen LogP contribution in [-0.2, 0) is 4.79 Å². The van der Waals surface area contributed by atoms with E-state index >= 15 is 0 Å². The first-order valence-corrected chi connectivity index (χ1v) is 7.44. The van der Waals surface area contributed by atoms with Gasteiger partial charge >= 0.3 is 0 Å². The first-order valence-electron chi connectivity index (χ1n) is 6.21. The number of nitrogens with one attached hydrogen (secondary N) is 1. The number of carbonyl (C=O) groups excluding carboxylic acids is 1. The number of thioether (sulfide) groups is 1. The normalized spacial score (nSPS) is 21.6. The van der Waals surface area contributed by atoms with Gasteiger partial charge in [0.15, 0.2) is 0 Å². The monoisotopic (exact) mass is 244 g/mol. The maximum atomic E-state index is 11.1. The summed E-state index contributed by atoms with van der Waals surface area (Å²) in [7, 11) is 0. The Morgan fingerprint density at radius 3 is 2.50 bits per heavy atom. The Labute approximate surface area is 103 Å². The highest BCUT2D eigenvalue weighted by atomic mass is 32.2. The lowest BCUT2D eigenvalue weighted by Crippen LogP contribution is -2.48. The highest BCUT2D eigenvalue weighted by Crippen LogP contribution is 2.38. The van der Waals surface area contributed by atoms with E-state index in [1.807, 2.05) is 18.7 Å². The van der Waals surface area contributed by atoms with Gasteiger partial charge < -0.3 is 11.1 Å². The third-order valence-electron chi connectivity index (χ3n) is 3.62. The van der Waals surface area contributed by atoms with E-state index < -0.39 is 0 Å². The van der Waals surface area contributed by atoms with Crippen LogP contribution in [0, 0.1) is 0 Å². The smallest absolute Gasteiger partial charge is 0.234 e. The molecule has 1 aliphatic rings. The molecule has 16 heavy (non-hydrogen) atoms. The molecule has 3 nitrogen and oxygen atoms in total. The molecule has 0 radical (unpaired) electrons. The van der Waals surface area contributed by atoms with Crippen LogP contribution >= 0.6 is 11.8 Å². The van der Waals surface area contributed by atoms with Crippen molar-refractivity contribution in [3.05, 3.63) is 0 Å². The maximum absolute atomic E-state index is 11.1. The van der Waals surface area contributed by atoms with Crippen LogP contribution in [-0.4, -0.2) is 29.5 Å². The van der Waals surface area contributed by atoms with Gasteiger partial charge in [0.2, 0.25) is 5.91 Å². The Hall–Kier alpha value is -0.220. The molecule has 4 heteroatoms. The molecule has 0 bridgehead atoms.